The lowest BCUT2D eigenvalue weighted by Crippen LogP contribution is -2.69. The number of esters is 1. The minimum Gasteiger partial charge on any atom is -0.461 e. The van der Waals surface area contributed by atoms with Gasteiger partial charge < -0.3 is 13.9 Å². The molecule has 0 aliphatic carbocycles. The molecule has 0 radical (unpaired) electrons. The van der Waals surface area contributed by atoms with Crippen LogP contribution >= 0.6 is 0 Å². The van der Waals surface area contributed by atoms with E-state index >= 15 is 0 Å². The van der Waals surface area contributed by atoms with Crippen molar-refractivity contribution < 1.29 is 44.5 Å². The maximum atomic E-state index is 13.2. The molecule has 1 aliphatic heterocycles. The molecule has 3 rings (SSSR count). The summed E-state index contributed by atoms with van der Waals surface area (Å²) in [6, 6.07) is 18.3. The standard InChI is InChI=1S/C25H31F3O7SSi/c1-17(2)33-23(29)22-21(20(16-32-22)34-36(30,31)25(26,27)28)35-37(24(3,4)5,18-12-8-6-9-13-18)19-14-10-7-11-15-19/h6-15,17,20-22H,16H2,1-5H3/t20-,21-,22-/m0/s1. The van der Waals surface area contributed by atoms with E-state index < -0.39 is 66.0 Å². The van der Waals surface area contributed by atoms with E-state index in [9.17, 15) is 26.4 Å². The molecule has 2 aromatic rings. The molecule has 0 saturated carbocycles. The maximum absolute atomic E-state index is 13.2. The Balaban J connectivity index is 2.19. The molecule has 1 fully saturated rings. The van der Waals surface area contributed by atoms with Crippen LogP contribution in [0.1, 0.15) is 34.6 Å². The molecule has 37 heavy (non-hydrogen) atoms. The number of alkyl halides is 3. The van der Waals surface area contributed by atoms with Crippen molar-refractivity contribution in [1.29, 1.82) is 0 Å². The molecule has 0 aromatic heterocycles. The lowest BCUT2D eigenvalue weighted by Gasteiger charge is -2.45. The fraction of sp³-hybridized carbons (Fsp3) is 0.480. The van der Waals surface area contributed by atoms with Gasteiger partial charge in [0.05, 0.1) is 12.7 Å². The summed E-state index contributed by atoms with van der Waals surface area (Å²) in [5, 5.41) is 0.918. The summed E-state index contributed by atoms with van der Waals surface area (Å²) < 4.78 is 85.7. The minimum absolute atomic E-state index is 0.552. The molecule has 1 aliphatic rings. The lowest BCUT2D eigenvalue weighted by molar-refractivity contribution is -0.161. The summed E-state index contributed by atoms with van der Waals surface area (Å²) >= 11 is 0. The zero-order valence-corrected chi connectivity index (χ0v) is 23.0. The van der Waals surface area contributed by atoms with Crippen molar-refractivity contribution in [3.05, 3.63) is 60.7 Å². The Kier molecular flexibility index (Phi) is 8.60. The van der Waals surface area contributed by atoms with Crippen molar-refractivity contribution in [3.63, 3.8) is 0 Å². The predicted octanol–water partition coefficient (Wildman–Crippen LogP) is 3.52. The average Bonchev–Trinajstić information content (AvgIpc) is 3.18. The molecule has 204 valence electrons. The Morgan fingerprint density at radius 2 is 1.46 bits per heavy atom. The highest BCUT2D eigenvalue weighted by atomic mass is 32.2. The molecule has 0 amide bonds. The molecule has 0 spiro atoms. The van der Waals surface area contributed by atoms with Crippen LogP contribution in [0.4, 0.5) is 13.2 Å². The van der Waals surface area contributed by atoms with E-state index in [2.05, 4.69) is 4.18 Å². The largest absolute Gasteiger partial charge is 0.523 e. The second kappa shape index (κ2) is 10.9. The lowest BCUT2D eigenvalue weighted by atomic mass is 10.1. The fourth-order valence-electron chi connectivity index (χ4n) is 4.42. The molecule has 12 heteroatoms. The summed E-state index contributed by atoms with van der Waals surface area (Å²) in [6.45, 7) is 8.38. The van der Waals surface area contributed by atoms with Crippen molar-refractivity contribution in [3.8, 4) is 0 Å². The van der Waals surface area contributed by atoms with Crippen LogP contribution in [0, 0.1) is 0 Å². The topological polar surface area (TPSA) is 88.1 Å². The van der Waals surface area contributed by atoms with Gasteiger partial charge in [-0.05, 0) is 29.3 Å². The highest BCUT2D eigenvalue weighted by Gasteiger charge is 2.58. The van der Waals surface area contributed by atoms with E-state index in [0.29, 0.717) is 0 Å². The maximum Gasteiger partial charge on any atom is 0.523 e. The van der Waals surface area contributed by atoms with E-state index in [1.54, 1.807) is 13.8 Å². The zero-order chi connectivity index (χ0) is 27.6. The molecule has 1 saturated heterocycles. The Morgan fingerprint density at radius 3 is 1.86 bits per heavy atom. The number of carbonyl (C=O) groups excluding carboxylic acids is 1. The third-order valence-corrected chi connectivity index (χ3v) is 12.1. The van der Waals surface area contributed by atoms with Crippen molar-refractivity contribution in [1.82, 2.24) is 0 Å². The van der Waals surface area contributed by atoms with Gasteiger partial charge >= 0.3 is 21.6 Å². The Morgan fingerprint density at radius 1 is 0.973 bits per heavy atom. The van der Waals surface area contributed by atoms with Crippen LogP contribution in [0.2, 0.25) is 5.04 Å². The van der Waals surface area contributed by atoms with Crippen LogP contribution in [-0.2, 0) is 33.0 Å². The van der Waals surface area contributed by atoms with Crippen molar-refractivity contribution in [2.45, 2.75) is 69.6 Å². The SMILES string of the molecule is CC(C)OC(=O)[C@H]1OC[C@H](OS(=O)(=O)C(F)(F)F)[C@@H]1O[Si](c1ccccc1)(c1ccccc1)C(C)(C)C. The van der Waals surface area contributed by atoms with Crippen LogP contribution in [-0.4, -0.2) is 59.2 Å². The number of carbonyl (C=O) groups is 1. The van der Waals surface area contributed by atoms with Gasteiger partial charge in [-0.1, -0.05) is 81.4 Å². The highest BCUT2D eigenvalue weighted by molar-refractivity contribution is 7.87. The molecule has 1 heterocycles. The Hall–Kier alpha value is -2.25. The van der Waals surface area contributed by atoms with Crippen LogP contribution in [0.3, 0.4) is 0 Å². The summed E-state index contributed by atoms with van der Waals surface area (Å²) in [5.41, 5.74) is -5.66. The molecular formula is C25H31F3O7SSi. The average molecular weight is 561 g/mol. The van der Waals surface area contributed by atoms with E-state index in [4.69, 9.17) is 13.9 Å². The van der Waals surface area contributed by atoms with E-state index in [1.165, 1.54) is 0 Å². The van der Waals surface area contributed by atoms with Crippen molar-refractivity contribution in [2.24, 2.45) is 0 Å². The van der Waals surface area contributed by atoms with Crippen LogP contribution in [0.5, 0.6) is 0 Å². The van der Waals surface area contributed by atoms with Crippen molar-refractivity contribution in [2.75, 3.05) is 6.61 Å². The minimum atomic E-state index is -6.00. The van der Waals surface area contributed by atoms with E-state index in [1.807, 2.05) is 81.4 Å². The van der Waals surface area contributed by atoms with E-state index in [-0.39, 0.29) is 0 Å². The smallest absolute Gasteiger partial charge is 0.461 e. The third-order valence-electron chi connectivity index (χ3n) is 5.95. The summed E-state index contributed by atoms with van der Waals surface area (Å²) in [4.78, 5) is 12.9. The number of ether oxygens (including phenoxy) is 2. The van der Waals surface area contributed by atoms with Gasteiger partial charge in [0.2, 0.25) is 0 Å². The number of benzene rings is 2. The van der Waals surface area contributed by atoms with Crippen LogP contribution < -0.4 is 10.4 Å². The first-order valence-electron chi connectivity index (χ1n) is 11.7. The molecule has 0 bridgehead atoms. The number of rotatable bonds is 8. The third kappa shape index (κ3) is 6.09. The number of hydrogen-bond donors (Lipinski definition) is 0. The van der Waals surface area contributed by atoms with Crippen LogP contribution in [0.25, 0.3) is 0 Å². The van der Waals surface area contributed by atoms with Gasteiger partial charge in [-0.15, -0.1) is 0 Å². The van der Waals surface area contributed by atoms with Gasteiger partial charge in [0, 0.05) is 0 Å². The summed E-state index contributed by atoms with van der Waals surface area (Å²) in [7, 11) is -9.45. The zero-order valence-electron chi connectivity index (χ0n) is 21.2. The number of hydrogen-bond acceptors (Lipinski definition) is 7. The summed E-state index contributed by atoms with van der Waals surface area (Å²) in [5.74, 6) is -0.881. The van der Waals surface area contributed by atoms with Crippen molar-refractivity contribution >= 4 is 34.8 Å². The van der Waals surface area contributed by atoms with Gasteiger partial charge in [0.1, 0.15) is 12.2 Å². The first-order chi connectivity index (χ1) is 17.1. The quantitative estimate of drug-likeness (QED) is 0.211. The first kappa shape index (κ1) is 29.3. The first-order valence-corrected chi connectivity index (χ1v) is 15.0. The van der Waals surface area contributed by atoms with E-state index in [0.717, 1.165) is 10.4 Å². The molecule has 3 atom stereocenters. The second-order valence-electron chi connectivity index (χ2n) is 10.0. The Bertz CT molecular complexity index is 1130. The molecule has 0 N–H and O–H groups in total. The second-order valence-corrected chi connectivity index (χ2v) is 15.8. The van der Waals surface area contributed by atoms with Crippen LogP contribution in [0.15, 0.2) is 60.7 Å². The predicted molar refractivity (Wildman–Crippen MR) is 133 cm³/mol. The monoisotopic (exact) mass is 560 g/mol. The van der Waals surface area contributed by atoms with Gasteiger partial charge in [-0.2, -0.15) is 21.6 Å². The molecule has 0 unspecified atom stereocenters. The van der Waals surface area contributed by atoms with Gasteiger partial charge in [-0.25, -0.2) is 4.79 Å². The van der Waals surface area contributed by atoms with Gasteiger partial charge in [0.15, 0.2) is 6.10 Å². The fourth-order valence-corrected chi connectivity index (χ4v) is 9.72. The van der Waals surface area contributed by atoms with Gasteiger partial charge in [0.25, 0.3) is 8.32 Å². The summed E-state index contributed by atoms with van der Waals surface area (Å²) in [6.07, 6.45) is -5.30. The Labute approximate surface area is 216 Å². The highest BCUT2D eigenvalue weighted by Crippen LogP contribution is 2.40. The van der Waals surface area contributed by atoms with Gasteiger partial charge in [-0.3, -0.25) is 4.18 Å². The molecule has 2 aromatic carbocycles. The normalized spacial score (nSPS) is 21.3. The molecular weight excluding hydrogens is 529 g/mol. The molecule has 7 nitrogen and oxygen atoms in total. The number of halogens is 3.